The van der Waals surface area contributed by atoms with Crippen LogP contribution in [0.1, 0.15) is 36.5 Å². The minimum absolute atomic E-state index is 0.0118. The lowest BCUT2D eigenvalue weighted by Crippen LogP contribution is -2.61. The normalized spacial score (nSPS) is 13.2. The topological polar surface area (TPSA) is 177 Å². The van der Waals surface area contributed by atoms with Gasteiger partial charge in [-0.3, -0.25) is 19.5 Å². The molecule has 0 radical (unpaired) electrons. The van der Waals surface area contributed by atoms with E-state index in [0.29, 0.717) is 11.3 Å². The molecule has 0 saturated heterocycles. The number of nitrogens with zero attached hydrogens (tertiary/aromatic N) is 2. The van der Waals surface area contributed by atoms with Crippen molar-refractivity contribution in [3.05, 3.63) is 66.2 Å². The van der Waals surface area contributed by atoms with E-state index in [1.165, 1.54) is 11.8 Å². The quantitative estimate of drug-likeness (QED) is 0.176. The summed E-state index contributed by atoms with van der Waals surface area (Å²) in [5, 5.41) is 13.2. The minimum Gasteiger partial charge on any atom is -0.479 e. The maximum Gasteiger partial charge on any atom is 0.330 e. The van der Waals surface area contributed by atoms with Crippen molar-refractivity contribution in [3.8, 4) is 0 Å². The maximum absolute atomic E-state index is 13.2. The van der Waals surface area contributed by atoms with Gasteiger partial charge in [0.1, 0.15) is 5.54 Å². The first-order valence-corrected chi connectivity index (χ1v) is 11.0. The molecule has 8 N–H and O–H groups in total. The smallest absolute Gasteiger partial charge is 0.330 e. The summed E-state index contributed by atoms with van der Waals surface area (Å²) in [6.07, 6.45) is 0.260. The summed E-state index contributed by atoms with van der Waals surface area (Å²) in [6.45, 7) is 1.70. The van der Waals surface area contributed by atoms with Gasteiger partial charge >= 0.3 is 5.97 Å². The van der Waals surface area contributed by atoms with Crippen LogP contribution in [-0.2, 0) is 9.59 Å². The fourth-order valence-electron chi connectivity index (χ4n) is 3.68. The Kier molecular flexibility index (Phi) is 9.57. The number of benzene rings is 2. The molecule has 2 aromatic carbocycles. The van der Waals surface area contributed by atoms with Crippen LogP contribution in [0.2, 0.25) is 0 Å². The molecule has 0 saturated carbocycles. The summed E-state index contributed by atoms with van der Waals surface area (Å²) in [7, 11) is 0. The monoisotopic (exact) mass is 468 g/mol. The van der Waals surface area contributed by atoms with Gasteiger partial charge in [-0.2, -0.15) is 0 Å². The number of hydrogen-bond donors (Lipinski definition) is 5. The van der Waals surface area contributed by atoms with E-state index in [2.05, 4.69) is 10.3 Å². The van der Waals surface area contributed by atoms with Crippen LogP contribution in [0.15, 0.2) is 65.7 Å². The average molecular weight is 469 g/mol. The van der Waals surface area contributed by atoms with E-state index in [-0.39, 0.29) is 44.2 Å². The number of nitrogens with one attached hydrogen (secondary N) is 1. The molecule has 10 nitrogen and oxygen atoms in total. The number of nitrogens with two attached hydrogens (primary N) is 3. The molecule has 0 bridgehead atoms. The summed E-state index contributed by atoms with van der Waals surface area (Å²) < 4.78 is 0. The Bertz CT molecular complexity index is 993. The van der Waals surface area contributed by atoms with Crippen LogP contribution in [0.3, 0.4) is 0 Å². The summed E-state index contributed by atoms with van der Waals surface area (Å²) >= 11 is 0. The van der Waals surface area contributed by atoms with Crippen LogP contribution in [0, 0.1) is 0 Å². The molecule has 0 aliphatic heterocycles. The van der Waals surface area contributed by atoms with E-state index in [4.69, 9.17) is 17.2 Å². The SMILES string of the molecule is C[C@H](N)C(=O)N(c1ccccc1)[C@](CCCN=C(N)N)(CCNC(=O)c1ccccc1)C(=O)O. The number of guanidine groups is 1. The number of aliphatic carboxylic acids is 1. The van der Waals surface area contributed by atoms with Crippen molar-refractivity contribution >= 4 is 29.4 Å². The van der Waals surface area contributed by atoms with Crippen molar-refractivity contribution in [3.63, 3.8) is 0 Å². The lowest BCUT2D eigenvalue weighted by molar-refractivity contribution is -0.146. The summed E-state index contributed by atoms with van der Waals surface area (Å²) in [5.41, 5.74) is 15.8. The number of rotatable bonds is 12. The van der Waals surface area contributed by atoms with Crippen molar-refractivity contribution in [2.24, 2.45) is 22.2 Å². The molecule has 0 aromatic heterocycles. The van der Waals surface area contributed by atoms with Crippen molar-refractivity contribution < 1.29 is 19.5 Å². The van der Waals surface area contributed by atoms with Gasteiger partial charge in [0.15, 0.2) is 5.96 Å². The second-order valence-corrected chi connectivity index (χ2v) is 7.92. The van der Waals surface area contributed by atoms with Crippen LogP contribution in [-0.4, -0.2) is 53.5 Å². The second kappa shape index (κ2) is 12.4. The molecule has 34 heavy (non-hydrogen) atoms. The Labute approximate surface area is 198 Å². The number of hydrogen-bond acceptors (Lipinski definition) is 5. The summed E-state index contributed by atoms with van der Waals surface area (Å²) in [5.74, 6) is -2.22. The van der Waals surface area contributed by atoms with Crippen molar-refractivity contribution in [2.45, 2.75) is 37.8 Å². The zero-order valence-electron chi connectivity index (χ0n) is 19.2. The van der Waals surface area contributed by atoms with Gasteiger partial charge in [0, 0.05) is 24.3 Å². The van der Waals surface area contributed by atoms with Gasteiger partial charge in [0.25, 0.3) is 5.91 Å². The number of para-hydroxylation sites is 1. The molecule has 10 heteroatoms. The standard InChI is InChI=1S/C24H32N6O4/c1-17(25)21(32)30(19-11-6-3-7-12-19)24(22(33)34,13-8-15-29-23(26)27)14-16-28-20(31)18-9-4-2-5-10-18/h2-7,9-12,17H,8,13-16,25H2,1H3,(H,28,31)(H,33,34)(H4,26,27,29)/t17-,24+/m0/s1. The molecule has 182 valence electrons. The summed E-state index contributed by atoms with van der Waals surface area (Å²) in [4.78, 5) is 43.7. The number of anilines is 1. The highest BCUT2D eigenvalue weighted by molar-refractivity contribution is 6.04. The molecule has 0 fully saturated rings. The highest BCUT2D eigenvalue weighted by atomic mass is 16.4. The fraction of sp³-hybridized carbons (Fsp3) is 0.333. The van der Waals surface area contributed by atoms with Gasteiger partial charge < -0.3 is 27.6 Å². The third kappa shape index (κ3) is 6.79. The molecular weight excluding hydrogens is 436 g/mol. The average Bonchev–Trinajstić information content (AvgIpc) is 2.82. The molecular formula is C24H32N6O4. The van der Waals surface area contributed by atoms with Crippen molar-refractivity contribution in [2.75, 3.05) is 18.0 Å². The van der Waals surface area contributed by atoms with Crippen LogP contribution >= 0.6 is 0 Å². The lowest BCUT2D eigenvalue weighted by atomic mass is 9.86. The molecule has 2 atom stereocenters. The third-order valence-electron chi connectivity index (χ3n) is 5.35. The van der Waals surface area contributed by atoms with E-state index in [1.54, 1.807) is 60.7 Å². The highest BCUT2D eigenvalue weighted by Crippen LogP contribution is 2.32. The second-order valence-electron chi connectivity index (χ2n) is 7.92. The highest BCUT2D eigenvalue weighted by Gasteiger charge is 2.47. The Morgan fingerprint density at radius 3 is 2.15 bits per heavy atom. The number of aliphatic imine (C=N–C) groups is 1. The first kappa shape index (κ1) is 26.3. The molecule has 0 spiro atoms. The Morgan fingerprint density at radius 1 is 1.03 bits per heavy atom. The van der Waals surface area contributed by atoms with Gasteiger partial charge in [-0.15, -0.1) is 0 Å². The van der Waals surface area contributed by atoms with E-state index in [9.17, 15) is 19.5 Å². The largest absolute Gasteiger partial charge is 0.479 e. The third-order valence-corrected chi connectivity index (χ3v) is 5.35. The first-order valence-electron chi connectivity index (χ1n) is 11.0. The molecule has 2 rings (SSSR count). The first-order chi connectivity index (χ1) is 16.2. The van der Waals surface area contributed by atoms with Crippen molar-refractivity contribution in [1.29, 1.82) is 0 Å². The number of carbonyl (C=O) groups excluding carboxylic acids is 2. The van der Waals surface area contributed by atoms with Gasteiger partial charge in [0.05, 0.1) is 6.04 Å². The van der Waals surface area contributed by atoms with E-state index in [0.717, 1.165) is 0 Å². The zero-order chi connectivity index (χ0) is 25.1. The predicted molar refractivity (Wildman–Crippen MR) is 131 cm³/mol. The van der Waals surface area contributed by atoms with Gasteiger partial charge in [0.2, 0.25) is 5.91 Å². The van der Waals surface area contributed by atoms with Crippen LogP contribution in [0.25, 0.3) is 0 Å². The lowest BCUT2D eigenvalue weighted by Gasteiger charge is -2.42. The maximum atomic E-state index is 13.2. The Balaban J connectivity index is 2.41. The number of carboxylic acid groups (broad SMARTS) is 1. The van der Waals surface area contributed by atoms with Gasteiger partial charge in [-0.05, 0) is 50.5 Å². The predicted octanol–water partition coefficient (Wildman–Crippen LogP) is 1.06. The number of amides is 2. The van der Waals surface area contributed by atoms with Crippen LogP contribution in [0.5, 0.6) is 0 Å². The van der Waals surface area contributed by atoms with Crippen LogP contribution < -0.4 is 27.4 Å². The Morgan fingerprint density at radius 2 is 1.62 bits per heavy atom. The molecule has 0 aliphatic carbocycles. The van der Waals surface area contributed by atoms with E-state index >= 15 is 0 Å². The van der Waals surface area contributed by atoms with E-state index in [1.807, 2.05) is 0 Å². The summed E-state index contributed by atoms with van der Waals surface area (Å²) in [6, 6.07) is 16.1. The number of carboxylic acids is 1. The van der Waals surface area contributed by atoms with Gasteiger partial charge in [-0.25, -0.2) is 4.79 Å². The fourth-order valence-corrected chi connectivity index (χ4v) is 3.68. The molecule has 0 aliphatic rings. The molecule has 2 amide bonds. The number of carbonyl (C=O) groups is 3. The minimum atomic E-state index is -1.70. The molecule has 0 heterocycles. The molecule has 2 aromatic rings. The van der Waals surface area contributed by atoms with Crippen LogP contribution in [0.4, 0.5) is 5.69 Å². The van der Waals surface area contributed by atoms with E-state index < -0.39 is 23.5 Å². The molecule has 0 unspecified atom stereocenters. The van der Waals surface area contributed by atoms with Crippen molar-refractivity contribution in [1.82, 2.24) is 5.32 Å². The zero-order valence-corrected chi connectivity index (χ0v) is 19.2. The van der Waals surface area contributed by atoms with Gasteiger partial charge in [-0.1, -0.05) is 36.4 Å². The Hall–Kier alpha value is -3.92.